The van der Waals surface area contributed by atoms with Crippen molar-refractivity contribution in [2.75, 3.05) is 19.6 Å². The van der Waals surface area contributed by atoms with Crippen LogP contribution < -0.4 is 11.1 Å². The topological polar surface area (TPSA) is 84.7 Å². The summed E-state index contributed by atoms with van der Waals surface area (Å²) in [5.41, 5.74) is 4.89. The molecule has 1 rings (SSSR count). The molecule has 1 atom stereocenters. The lowest BCUT2D eigenvalue weighted by Crippen LogP contribution is -2.51. The molecule has 0 aromatic carbocycles. The highest BCUT2D eigenvalue weighted by Gasteiger charge is 2.26. The van der Waals surface area contributed by atoms with Gasteiger partial charge in [-0.1, -0.05) is 0 Å². The fraction of sp³-hybridized carbons (Fsp3) is 0.846. The molecular formula is C13H25N3O3. The number of nitrogens with zero attached hydrogens (tertiary/aromatic N) is 1. The van der Waals surface area contributed by atoms with E-state index >= 15 is 0 Å². The van der Waals surface area contributed by atoms with Crippen molar-refractivity contribution in [3.8, 4) is 0 Å². The molecule has 1 aliphatic rings. The average Bonchev–Trinajstić information content (AvgIpc) is 2.33. The van der Waals surface area contributed by atoms with Crippen molar-refractivity contribution in [2.45, 2.75) is 51.7 Å². The molecule has 1 fully saturated rings. The van der Waals surface area contributed by atoms with Gasteiger partial charge in [0.2, 0.25) is 5.91 Å². The van der Waals surface area contributed by atoms with Gasteiger partial charge in [-0.2, -0.15) is 0 Å². The van der Waals surface area contributed by atoms with Crippen LogP contribution in [0.1, 0.15) is 40.0 Å². The monoisotopic (exact) mass is 271 g/mol. The first-order valence-electron chi connectivity index (χ1n) is 6.80. The molecule has 0 aliphatic carbocycles. The highest BCUT2D eigenvalue weighted by molar-refractivity contribution is 5.78. The first-order chi connectivity index (χ1) is 8.83. The molecule has 1 heterocycles. The van der Waals surface area contributed by atoms with Crippen LogP contribution in [-0.2, 0) is 9.53 Å². The van der Waals surface area contributed by atoms with Crippen molar-refractivity contribution in [1.29, 1.82) is 0 Å². The van der Waals surface area contributed by atoms with Crippen LogP contribution in [0.2, 0.25) is 0 Å². The number of amides is 2. The molecule has 1 aliphatic heterocycles. The molecular weight excluding hydrogens is 246 g/mol. The first-order valence-corrected chi connectivity index (χ1v) is 6.80. The Kier molecular flexibility index (Phi) is 5.60. The molecule has 0 saturated carbocycles. The van der Waals surface area contributed by atoms with Crippen molar-refractivity contribution < 1.29 is 14.3 Å². The van der Waals surface area contributed by atoms with Crippen molar-refractivity contribution in [1.82, 2.24) is 10.2 Å². The van der Waals surface area contributed by atoms with E-state index in [0.29, 0.717) is 6.54 Å². The highest BCUT2D eigenvalue weighted by Crippen LogP contribution is 2.16. The summed E-state index contributed by atoms with van der Waals surface area (Å²) >= 11 is 0. The number of hydrogen-bond acceptors (Lipinski definition) is 4. The summed E-state index contributed by atoms with van der Waals surface area (Å²) in [6.45, 7) is 6.60. The maximum atomic E-state index is 11.7. The van der Waals surface area contributed by atoms with E-state index in [4.69, 9.17) is 10.5 Å². The van der Waals surface area contributed by atoms with Gasteiger partial charge in [0, 0.05) is 19.1 Å². The van der Waals surface area contributed by atoms with Gasteiger partial charge in [-0.05, 0) is 40.0 Å². The Morgan fingerprint density at radius 2 is 2.05 bits per heavy atom. The molecule has 0 bridgehead atoms. The van der Waals surface area contributed by atoms with Crippen LogP contribution in [-0.4, -0.2) is 48.2 Å². The van der Waals surface area contributed by atoms with Gasteiger partial charge in [0.1, 0.15) is 5.60 Å². The second-order valence-electron chi connectivity index (χ2n) is 5.82. The summed E-state index contributed by atoms with van der Waals surface area (Å²) in [5, 5.41) is 2.72. The number of hydrogen-bond donors (Lipinski definition) is 2. The summed E-state index contributed by atoms with van der Waals surface area (Å²) < 4.78 is 5.17. The van der Waals surface area contributed by atoms with Crippen LogP contribution in [0.4, 0.5) is 4.79 Å². The Bertz CT molecular complexity index is 326. The third-order valence-corrected chi connectivity index (χ3v) is 3.00. The third-order valence-electron chi connectivity index (χ3n) is 3.00. The maximum Gasteiger partial charge on any atom is 0.407 e. The van der Waals surface area contributed by atoms with Gasteiger partial charge < -0.3 is 20.7 Å². The standard InChI is InChI=1S/C13H25N3O3/c1-13(2,3)19-12(18)15-9-10-6-4-5-7-16(10)11(17)8-14/h10H,4-9,14H2,1-3H3,(H,15,18)/t10-/m0/s1. The van der Waals surface area contributed by atoms with E-state index in [9.17, 15) is 9.59 Å². The van der Waals surface area contributed by atoms with Gasteiger partial charge in [-0.15, -0.1) is 0 Å². The molecule has 0 unspecified atom stereocenters. The Labute approximate surface area is 114 Å². The summed E-state index contributed by atoms with van der Waals surface area (Å²) in [6.07, 6.45) is 2.50. The summed E-state index contributed by atoms with van der Waals surface area (Å²) in [4.78, 5) is 25.1. The van der Waals surface area contributed by atoms with Gasteiger partial charge in [0.15, 0.2) is 0 Å². The van der Waals surface area contributed by atoms with E-state index in [1.165, 1.54) is 0 Å². The van der Waals surface area contributed by atoms with Crippen LogP contribution >= 0.6 is 0 Å². The van der Waals surface area contributed by atoms with Gasteiger partial charge in [-0.25, -0.2) is 4.79 Å². The number of carbonyl (C=O) groups is 2. The lowest BCUT2D eigenvalue weighted by molar-refractivity contribution is -0.133. The highest BCUT2D eigenvalue weighted by atomic mass is 16.6. The molecule has 0 aromatic rings. The summed E-state index contributed by atoms with van der Waals surface area (Å²) in [5.74, 6) is -0.0595. The van der Waals surface area contributed by atoms with Crippen LogP contribution in [0.15, 0.2) is 0 Å². The predicted octanol–water partition coefficient (Wildman–Crippen LogP) is 0.851. The molecule has 0 aromatic heterocycles. The van der Waals surface area contributed by atoms with Crippen LogP contribution in [0, 0.1) is 0 Å². The fourth-order valence-electron chi connectivity index (χ4n) is 2.17. The quantitative estimate of drug-likeness (QED) is 0.797. The fourth-order valence-corrected chi connectivity index (χ4v) is 2.17. The lowest BCUT2D eigenvalue weighted by Gasteiger charge is -2.35. The molecule has 2 amide bonds. The summed E-state index contributed by atoms with van der Waals surface area (Å²) in [6, 6.07) is 0.0253. The minimum atomic E-state index is -0.511. The predicted molar refractivity (Wildman–Crippen MR) is 72.6 cm³/mol. The van der Waals surface area contributed by atoms with Crippen LogP contribution in [0.3, 0.4) is 0 Å². The van der Waals surface area contributed by atoms with Crippen LogP contribution in [0.25, 0.3) is 0 Å². The van der Waals surface area contributed by atoms with E-state index in [1.54, 1.807) is 4.90 Å². The molecule has 3 N–H and O–H groups in total. The zero-order chi connectivity index (χ0) is 14.5. The van der Waals surface area contributed by atoms with E-state index in [-0.39, 0.29) is 18.5 Å². The van der Waals surface area contributed by atoms with E-state index in [1.807, 2.05) is 20.8 Å². The number of ether oxygens (including phenoxy) is 1. The van der Waals surface area contributed by atoms with Crippen molar-refractivity contribution in [3.63, 3.8) is 0 Å². The first kappa shape index (κ1) is 15.8. The Morgan fingerprint density at radius 3 is 2.63 bits per heavy atom. The van der Waals surface area contributed by atoms with Gasteiger partial charge >= 0.3 is 6.09 Å². The molecule has 0 radical (unpaired) electrons. The van der Waals surface area contributed by atoms with Crippen molar-refractivity contribution >= 4 is 12.0 Å². The number of carbonyl (C=O) groups excluding carboxylic acids is 2. The Balaban J connectivity index is 2.45. The molecule has 1 saturated heterocycles. The van der Waals surface area contributed by atoms with Gasteiger partial charge in [0.05, 0.1) is 6.54 Å². The average molecular weight is 271 g/mol. The van der Waals surface area contributed by atoms with Crippen molar-refractivity contribution in [3.05, 3.63) is 0 Å². The lowest BCUT2D eigenvalue weighted by atomic mass is 10.0. The normalized spacial score (nSPS) is 20.0. The van der Waals surface area contributed by atoms with E-state index in [0.717, 1.165) is 25.8 Å². The second-order valence-corrected chi connectivity index (χ2v) is 5.82. The molecule has 6 heteroatoms. The Morgan fingerprint density at radius 1 is 1.37 bits per heavy atom. The molecule has 19 heavy (non-hydrogen) atoms. The molecule has 110 valence electrons. The summed E-state index contributed by atoms with van der Waals surface area (Å²) in [7, 11) is 0. The minimum absolute atomic E-state index is 0.0168. The second kappa shape index (κ2) is 6.75. The number of alkyl carbamates (subject to hydrolysis) is 1. The minimum Gasteiger partial charge on any atom is -0.444 e. The zero-order valence-electron chi connectivity index (χ0n) is 12.1. The number of piperidine rings is 1. The smallest absolute Gasteiger partial charge is 0.407 e. The van der Waals surface area contributed by atoms with E-state index in [2.05, 4.69) is 5.32 Å². The third kappa shape index (κ3) is 5.46. The number of nitrogens with one attached hydrogen (secondary N) is 1. The van der Waals surface area contributed by atoms with E-state index < -0.39 is 11.7 Å². The SMILES string of the molecule is CC(C)(C)OC(=O)NC[C@@H]1CCCCN1C(=O)CN. The maximum absolute atomic E-state index is 11.7. The van der Waals surface area contributed by atoms with Crippen molar-refractivity contribution in [2.24, 2.45) is 5.73 Å². The van der Waals surface area contributed by atoms with Gasteiger partial charge in [-0.3, -0.25) is 4.79 Å². The molecule has 6 nitrogen and oxygen atoms in total. The number of likely N-dealkylation sites (tertiary alicyclic amines) is 1. The zero-order valence-corrected chi connectivity index (χ0v) is 12.1. The molecule has 0 spiro atoms. The van der Waals surface area contributed by atoms with Gasteiger partial charge in [0.25, 0.3) is 0 Å². The largest absolute Gasteiger partial charge is 0.444 e. The number of rotatable bonds is 3. The van der Waals surface area contributed by atoms with Crippen LogP contribution in [0.5, 0.6) is 0 Å². The Hall–Kier alpha value is -1.30. The number of nitrogens with two attached hydrogens (primary N) is 1.